The normalized spacial score (nSPS) is 10.2. The smallest absolute Gasteiger partial charge is 0.338 e. The molecule has 2 rings (SSSR count). The van der Waals surface area contributed by atoms with Crippen molar-refractivity contribution in [3.05, 3.63) is 45.6 Å². The zero-order valence-corrected chi connectivity index (χ0v) is 15.8. The Morgan fingerprint density at radius 1 is 1.08 bits per heavy atom. The Bertz CT molecular complexity index is 842. The van der Waals surface area contributed by atoms with E-state index >= 15 is 0 Å². The SMILES string of the molecule is COc1ccc(C(=O)OCC(=O)Nc2nc(C)c(Cl)cc2Cl)cc1OC. The molecular formula is C17H16Cl2N2O5. The Morgan fingerprint density at radius 3 is 2.42 bits per heavy atom. The first kappa shape index (κ1) is 19.8. The molecule has 0 saturated carbocycles. The second kappa shape index (κ2) is 8.73. The van der Waals surface area contributed by atoms with Crippen LogP contribution < -0.4 is 14.8 Å². The predicted molar refractivity (Wildman–Crippen MR) is 97.5 cm³/mol. The first-order chi connectivity index (χ1) is 12.3. The summed E-state index contributed by atoms with van der Waals surface area (Å²) in [5, 5.41) is 3.03. The number of nitrogens with one attached hydrogen (secondary N) is 1. The lowest BCUT2D eigenvalue weighted by molar-refractivity contribution is -0.119. The number of anilines is 1. The van der Waals surface area contributed by atoms with E-state index in [1.807, 2.05) is 0 Å². The van der Waals surface area contributed by atoms with E-state index in [1.54, 1.807) is 13.0 Å². The van der Waals surface area contributed by atoms with Crippen molar-refractivity contribution in [2.75, 3.05) is 26.1 Å². The number of pyridine rings is 1. The van der Waals surface area contributed by atoms with Gasteiger partial charge in [0.25, 0.3) is 5.91 Å². The van der Waals surface area contributed by atoms with Crippen molar-refractivity contribution in [2.45, 2.75) is 6.92 Å². The molecule has 0 aliphatic heterocycles. The number of amides is 1. The molecule has 138 valence electrons. The van der Waals surface area contributed by atoms with Gasteiger partial charge < -0.3 is 19.5 Å². The lowest BCUT2D eigenvalue weighted by atomic mass is 10.2. The van der Waals surface area contributed by atoms with Crippen LogP contribution in [0.15, 0.2) is 24.3 Å². The number of hydrogen-bond acceptors (Lipinski definition) is 6. The maximum atomic E-state index is 12.1. The number of nitrogens with zero attached hydrogens (tertiary/aromatic N) is 1. The van der Waals surface area contributed by atoms with Gasteiger partial charge in [-0.1, -0.05) is 23.2 Å². The fourth-order valence-corrected chi connectivity index (χ4v) is 2.40. The topological polar surface area (TPSA) is 86.8 Å². The molecule has 1 aromatic carbocycles. The maximum Gasteiger partial charge on any atom is 0.338 e. The number of aryl methyl sites for hydroxylation is 1. The van der Waals surface area contributed by atoms with Gasteiger partial charge in [0.05, 0.1) is 35.5 Å². The number of halogens is 2. The third-order valence-electron chi connectivity index (χ3n) is 3.32. The van der Waals surface area contributed by atoms with Gasteiger partial charge >= 0.3 is 5.97 Å². The Hall–Kier alpha value is -2.51. The molecule has 1 N–H and O–H groups in total. The number of methoxy groups -OCH3 is 2. The predicted octanol–water partition coefficient (Wildman–Crippen LogP) is 3.51. The summed E-state index contributed by atoms with van der Waals surface area (Å²) in [6, 6.07) is 6.00. The molecular weight excluding hydrogens is 383 g/mol. The van der Waals surface area contributed by atoms with E-state index in [0.717, 1.165) is 0 Å². The summed E-state index contributed by atoms with van der Waals surface area (Å²) in [5.41, 5.74) is 0.725. The summed E-state index contributed by atoms with van der Waals surface area (Å²) in [6.07, 6.45) is 0. The van der Waals surface area contributed by atoms with Crippen LogP contribution in [0.4, 0.5) is 5.82 Å². The number of ether oxygens (including phenoxy) is 3. The lowest BCUT2D eigenvalue weighted by Gasteiger charge is -2.10. The Morgan fingerprint density at radius 2 is 1.77 bits per heavy atom. The molecule has 9 heteroatoms. The molecule has 1 aromatic heterocycles. The highest BCUT2D eigenvalue weighted by atomic mass is 35.5. The lowest BCUT2D eigenvalue weighted by Crippen LogP contribution is -2.21. The molecule has 0 spiro atoms. The van der Waals surface area contributed by atoms with Crippen molar-refractivity contribution >= 4 is 40.9 Å². The van der Waals surface area contributed by atoms with Crippen LogP contribution in [0.2, 0.25) is 10.0 Å². The highest BCUT2D eigenvalue weighted by Crippen LogP contribution is 2.28. The summed E-state index contributed by atoms with van der Waals surface area (Å²) < 4.78 is 15.2. The molecule has 0 atom stereocenters. The highest BCUT2D eigenvalue weighted by molar-refractivity contribution is 6.36. The number of aromatic nitrogens is 1. The van der Waals surface area contributed by atoms with Crippen molar-refractivity contribution in [1.82, 2.24) is 4.98 Å². The van der Waals surface area contributed by atoms with E-state index in [9.17, 15) is 9.59 Å². The molecule has 1 heterocycles. The van der Waals surface area contributed by atoms with Crippen LogP contribution in [0.3, 0.4) is 0 Å². The number of carbonyl (C=O) groups is 2. The van der Waals surface area contributed by atoms with Crippen molar-refractivity contribution < 1.29 is 23.8 Å². The fraction of sp³-hybridized carbons (Fsp3) is 0.235. The van der Waals surface area contributed by atoms with E-state index in [4.69, 9.17) is 37.4 Å². The van der Waals surface area contributed by atoms with Crippen LogP contribution in [-0.4, -0.2) is 37.7 Å². The zero-order chi connectivity index (χ0) is 19.3. The average Bonchev–Trinajstić information content (AvgIpc) is 2.63. The van der Waals surface area contributed by atoms with Gasteiger partial charge in [0.1, 0.15) is 0 Å². The Balaban J connectivity index is 1.99. The monoisotopic (exact) mass is 398 g/mol. The van der Waals surface area contributed by atoms with E-state index in [-0.39, 0.29) is 16.4 Å². The third-order valence-corrected chi connectivity index (χ3v) is 3.99. The zero-order valence-electron chi connectivity index (χ0n) is 14.3. The number of hydrogen-bond donors (Lipinski definition) is 1. The molecule has 0 radical (unpaired) electrons. The molecule has 0 aliphatic rings. The number of benzene rings is 1. The molecule has 0 bridgehead atoms. The molecule has 0 aliphatic carbocycles. The summed E-state index contributed by atoms with van der Waals surface area (Å²) in [7, 11) is 2.93. The summed E-state index contributed by atoms with van der Waals surface area (Å²) in [4.78, 5) is 28.1. The van der Waals surface area contributed by atoms with Crippen LogP contribution >= 0.6 is 23.2 Å². The number of carbonyl (C=O) groups excluding carboxylic acids is 2. The van der Waals surface area contributed by atoms with E-state index in [2.05, 4.69) is 10.3 Å². The van der Waals surface area contributed by atoms with E-state index in [1.165, 1.54) is 32.4 Å². The van der Waals surface area contributed by atoms with Gasteiger partial charge in [-0.05, 0) is 31.2 Å². The van der Waals surface area contributed by atoms with Gasteiger partial charge in [-0.15, -0.1) is 0 Å². The second-order valence-electron chi connectivity index (χ2n) is 5.08. The fourth-order valence-electron chi connectivity index (χ4n) is 1.99. The van der Waals surface area contributed by atoms with Crippen LogP contribution in [0, 0.1) is 6.92 Å². The maximum absolute atomic E-state index is 12.1. The van der Waals surface area contributed by atoms with Gasteiger partial charge in [0.15, 0.2) is 23.9 Å². The molecule has 26 heavy (non-hydrogen) atoms. The van der Waals surface area contributed by atoms with Gasteiger partial charge in [-0.25, -0.2) is 9.78 Å². The summed E-state index contributed by atoms with van der Waals surface area (Å²) in [6.45, 7) is 1.16. The quantitative estimate of drug-likeness (QED) is 0.749. The van der Waals surface area contributed by atoms with Crippen molar-refractivity contribution in [3.63, 3.8) is 0 Å². The van der Waals surface area contributed by atoms with Gasteiger partial charge in [0, 0.05) is 0 Å². The molecule has 0 unspecified atom stereocenters. The molecule has 0 fully saturated rings. The van der Waals surface area contributed by atoms with Crippen molar-refractivity contribution in [3.8, 4) is 11.5 Å². The summed E-state index contributed by atoms with van der Waals surface area (Å²) in [5.74, 6) is -0.289. The van der Waals surface area contributed by atoms with Gasteiger partial charge in [-0.2, -0.15) is 0 Å². The van der Waals surface area contributed by atoms with Crippen LogP contribution in [-0.2, 0) is 9.53 Å². The largest absolute Gasteiger partial charge is 0.493 e. The van der Waals surface area contributed by atoms with Crippen LogP contribution in [0.5, 0.6) is 11.5 Å². The molecule has 7 nitrogen and oxygen atoms in total. The standard InChI is InChI=1S/C17H16Cl2N2O5/c1-9-11(18)7-12(19)16(20-9)21-15(22)8-26-17(23)10-4-5-13(24-2)14(6-10)25-3/h4-7H,8H2,1-3H3,(H,20,21,22). The van der Waals surface area contributed by atoms with E-state index in [0.29, 0.717) is 22.2 Å². The molecule has 2 aromatic rings. The highest BCUT2D eigenvalue weighted by Gasteiger charge is 2.15. The first-order valence-corrected chi connectivity index (χ1v) is 8.13. The Labute approximate surface area is 160 Å². The first-order valence-electron chi connectivity index (χ1n) is 7.37. The second-order valence-corrected chi connectivity index (χ2v) is 5.89. The van der Waals surface area contributed by atoms with E-state index < -0.39 is 18.5 Å². The number of rotatable bonds is 6. The van der Waals surface area contributed by atoms with Crippen LogP contribution in [0.1, 0.15) is 16.1 Å². The summed E-state index contributed by atoms with van der Waals surface area (Å²) >= 11 is 11.9. The minimum atomic E-state index is -0.688. The molecule has 1 amide bonds. The van der Waals surface area contributed by atoms with Crippen molar-refractivity contribution in [2.24, 2.45) is 0 Å². The molecule has 0 saturated heterocycles. The van der Waals surface area contributed by atoms with Crippen LogP contribution in [0.25, 0.3) is 0 Å². The minimum absolute atomic E-state index is 0.140. The Kier molecular flexibility index (Phi) is 6.65. The van der Waals surface area contributed by atoms with Gasteiger partial charge in [0.2, 0.25) is 0 Å². The number of esters is 1. The van der Waals surface area contributed by atoms with Crippen molar-refractivity contribution in [1.29, 1.82) is 0 Å². The average molecular weight is 399 g/mol. The third kappa shape index (κ3) is 4.77. The minimum Gasteiger partial charge on any atom is -0.493 e. The van der Waals surface area contributed by atoms with Gasteiger partial charge in [-0.3, -0.25) is 4.79 Å².